The number of sulfonamides is 1. The van der Waals surface area contributed by atoms with Crippen LogP contribution >= 0.6 is 0 Å². The molecule has 1 aliphatic rings. The number of carbonyl (C=O) groups is 1. The average Bonchev–Trinajstić information content (AvgIpc) is 2.67. The number of pyridine rings is 2. The van der Waals surface area contributed by atoms with E-state index in [0.29, 0.717) is 5.82 Å². The molecular weight excluding hydrogens is 390 g/mol. The predicted octanol–water partition coefficient (Wildman–Crippen LogP) is 2.47. The molecule has 29 heavy (non-hydrogen) atoms. The summed E-state index contributed by atoms with van der Waals surface area (Å²) < 4.78 is 27.3. The molecule has 2 aromatic rings. The van der Waals surface area contributed by atoms with Crippen LogP contribution in [0.3, 0.4) is 0 Å². The first-order valence-electron chi connectivity index (χ1n) is 9.64. The van der Waals surface area contributed by atoms with Gasteiger partial charge >= 0.3 is 0 Å². The van der Waals surface area contributed by atoms with Crippen molar-refractivity contribution in [2.45, 2.75) is 50.5 Å². The first-order valence-corrected chi connectivity index (χ1v) is 11.1. The van der Waals surface area contributed by atoms with E-state index in [-0.39, 0.29) is 21.8 Å². The number of aromatic nitrogens is 2. The fraction of sp³-hybridized carbons (Fsp3) is 0.450. The molecule has 156 valence electrons. The van der Waals surface area contributed by atoms with Crippen molar-refractivity contribution in [3.8, 4) is 0 Å². The Morgan fingerprint density at radius 1 is 1.07 bits per heavy atom. The number of nitrogens with two attached hydrogens (primary N) is 1. The summed E-state index contributed by atoms with van der Waals surface area (Å²) in [6, 6.07) is 7.66. The number of rotatable bonds is 4. The van der Waals surface area contributed by atoms with E-state index in [4.69, 9.17) is 10.7 Å². The monoisotopic (exact) mass is 417 g/mol. The fourth-order valence-electron chi connectivity index (χ4n) is 3.20. The maximum atomic E-state index is 12.9. The summed E-state index contributed by atoms with van der Waals surface area (Å²) in [5, 5.41) is -0.301. The number of carbonyl (C=O) groups excluding carboxylic acids is 1. The number of amides is 1. The molecule has 9 heteroatoms. The van der Waals surface area contributed by atoms with E-state index in [9.17, 15) is 13.2 Å². The summed E-state index contributed by atoms with van der Waals surface area (Å²) >= 11 is 0. The fourth-order valence-corrected chi connectivity index (χ4v) is 4.14. The highest BCUT2D eigenvalue weighted by Gasteiger charge is 2.27. The highest BCUT2D eigenvalue weighted by molar-refractivity contribution is 7.90. The number of nitrogens with one attached hydrogen (secondary N) is 1. The summed E-state index contributed by atoms with van der Waals surface area (Å²) in [7, 11) is -4.15. The zero-order valence-electron chi connectivity index (χ0n) is 17.0. The molecule has 1 aliphatic heterocycles. The van der Waals surface area contributed by atoms with E-state index in [1.165, 1.54) is 18.2 Å². The second kappa shape index (κ2) is 7.98. The van der Waals surface area contributed by atoms with E-state index < -0.39 is 15.9 Å². The Bertz CT molecular complexity index is 1010. The molecule has 1 fully saturated rings. The molecule has 3 rings (SSSR count). The molecular formula is C20H27N5O3S. The summed E-state index contributed by atoms with van der Waals surface area (Å²) in [5.41, 5.74) is 6.45. The lowest BCUT2D eigenvalue weighted by Crippen LogP contribution is -2.36. The van der Waals surface area contributed by atoms with Crippen LogP contribution < -0.4 is 15.4 Å². The molecule has 2 aromatic heterocycles. The summed E-state index contributed by atoms with van der Waals surface area (Å²) in [5.74, 6) is -0.154. The van der Waals surface area contributed by atoms with Crippen LogP contribution in [0.2, 0.25) is 0 Å². The van der Waals surface area contributed by atoms with E-state index >= 15 is 0 Å². The third kappa shape index (κ3) is 4.84. The zero-order chi connectivity index (χ0) is 21.2. The molecule has 0 saturated carbocycles. The normalized spacial score (nSPS) is 15.2. The minimum Gasteiger partial charge on any atom is -0.384 e. The zero-order valence-corrected chi connectivity index (χ0v) is 17.8. The number of hydrogen-bond donors (Lipinski definition) is 2. The van der Waals surface area contributed by atoms with Gasteiger partial charge in [0.1, 0.15) is 11.6 Å². The van der Waals surface area contributed by atoms with Crippen molar-refractivity contribution in [2.75, 3.05) is 23.7 Å². The van der Waals surface area contributed by atoms with E-state index in [1.807, 2.05) is 20.8 Å². The highest BCUT2D eigenvalue weighted by Crippen LogP contribution is 2.28. The Hall–Kier alpha value is -2.68. The van der Waals surface area contributed by atoms with Crippen molar-refractivity contribution >= 4 is 27.6 Å². The number of nitrogens with zero attached hydrogens (tertiary/aromatic N) is 3. The molecule has 0 unspecified atom stereocenters. The van der Waals surface area contributed by atoms with Gasteiger partial charge in [-0.1, -0.05) is 26.8 Å². The van der Waals surface area contributed by atoms with Crippen molar-refractivity contribution < 1.29 is 13.2 Å². The van der Waals surface area contributed by atoms with Gasteiger partial charge in [0.05, 0.1) is 5.56 Å². The number of nitrogen functional groups attached to an aromatic ring is 1. The van der Waals surface area contributed by atoms with E-state index in [0.717, 1.165) is 38.0 Å². The lowest BCUT2D eigenvalue weighted by atomic mass is 9.91. The lowest BCUT2D eigenvalue weighted by Gasteiger charge is -2.30. The van der Waals surface area contributed by atoms with Gasteiger partial charge in [-0.25, -0.2) is 14.7 Å². The Morgan fingerprint density at radius 2 is 1.76 bits per heavy atom. The summed E-state index contributed by atoms with van der Waals surface area (Å²) in [6.45, 7) is 7.70. The lowest BCUT2D eigenvalue weighted by molar-refractivity contribution is 0.0981. The van der Waals surface area contributed by atoms with Gasteiger partial charge < -0.3 is 10.6 Å². The van der Waals surface area contributed by atoms with Crippen LogP contribution in [0.4, 0.5) is 11.6 Å². The van der Waals surface area contributed by atoms with Crippen LogP contribution in [0.5, 0.6) is 0 Å². The number of hydrogen-bond acceptors (Lipinski definition) is 7. The first-order chi connectivity index (χ1) is 13.6. The molecule has 0 atom stereocenters. The molecule has 8 nitrogen and oxygen atoms in total. The topological polar surface area (TPSA) is 118 Å². The van der Waals surface area contributed by atoms with Crippen LogP contribution in [0.1, 0.15) is 56.1 Å². The SMILES string of the molecule is CC(C)(C)c1ccc(C(=O)NS(=O)(=O)c2cccc(N)n2)c(N2CCCCC2)n1. The minimum absolute atomic E-state index is 0.0607. The van der Waals surface area contributed by atoms with Gasteiger partial charge in [-0.2, -0.15) is 8.42 Å². The van der Waals surface area contributed by atoms with Crippen molar-refractivity contribution in [1.29, 1.82) is 0 Å². The van der Waals surface area contributed by atoms with Crippen LogP contribution in [-0.2, 0) is 15.4 Å². The van der Waals surface area contributed by atoms with Crippen molar-refractivity contribution in [2.24, 2.45) is 0 Å². The molecule has 0 radical (unpaired) electrons. The van der Waals surface area contributed by atoms with Crippen LogP contribution in [0, 0.1) is 0 Å². The van der Waals surface area contributed by atoms with Gasteiger partial charge in [-0.15, -0.1) is 0 Å². The second-order valence-electron chi connectivity index (χ2n) is 8.20. The second-order valence-corrected chi connectivity index (χ2v) is 9.83. The molecule has 1 amide bonds. The van der Waals surface area contributed by atoms with Gasteiger partial charge in [0.2, 0.25) is 0 Å². The van der Waals surface area contributed by atoms with Gasteiger partial charge in [0.25, 0.3) is 15.9 Å². The van der Waals surface area contributed by atoms with Crippen LogP contribution in [0.15, 0.2) is 35.4 Å². The average molecular weight is 418 g/mol. The van der Waals surface area contributed by atoms with E-state index in [1.54, 1.807) is 12.1 Å². The van der Waals surface area contributed by atoms with Crippen LogP contribution in [0.25, 0.3) is 0 Å². The smallest absolute Gasteiger partial charge is 0.281 e. The van der Waals surface area contributed by atoms with Crippen molar-refractivity contribution in [3.05, 3.63) is 41.6 Å². The molecule has 0 bridgehead atoms. The maximum absolute atomic E-state index is 12.9. The van der Waals surface area contributed by atoms with Crippen molar-refractivity contribution in [1.82, 2.24) is 14.7 Å². The maximum Gasteiger partial charge on any atom is 0.281 e. The quantitative estimate of drug-likeness (QED) is 0.784. The Kier molecular flexibility index (Phi) is 5.79. The summed E-state index contributed by atoms with van der Waals surface area (Å²) in [6.07, 6.45) is 3.15. The minimum atomic E-state index is -4.15. The molecule has 0 spiro atoms. The van der Waals surface area contributed by atoms with E-state index in [2.05, 4.69) is 14.6 Å². The van der Waals surface area contributed by atoms with Gasteiger partial charge in [0, 0.05) is 24.2 Å². The molecule has 1 saturated heterocycles. The largest absolute Gasteiger partial charge is 0.384 e. The first kappa shape index (κ1) is 21.0. The predicted molar refractivity (Wildman–Crippen MR) is 112 cm³/mol. The van der Waals surface area contributed by atoms with Gasteiger partial charge in [-0.3, -0.25) is 4.79 Å². The Labute approximate surface area is 171 Å². The van der Waals surface area contributed by atoms with Gasteiger partial charge in [-0.05, 0) is 43.5 Å². The summed E-state index contributed by atoms with van der Waals surface area (Å²) in [4.78, 5) is 23.5. The molecule has 3 N–H and O–H groups in total. The van der Waals surface area contributed by atoms with Crippen LogP contribution in [-0.4, -0.2) is 37.4 Å². The third-order valence-electron chi connectivity index (χ3n) is 4.79. The number of piperidine rings is 1. The Morgan fingerprint density at radius 3 is 2.38 bits per heavy atom. The third-order valence-corrected chi connectivity index (χ3v) is 6.02. The van der Waals surface area contributed by atoms with Gasteiger partial charge in [0.15, 0.2) is 5.03 Å². The standard InChI is InChI=1S/C20H27N5O3S/c1-20(2,3)15-11-10-14(18(22-15)25-12-5-4-6-13-25)19(26)24-29(27,28)17-9-7-8-16(21)23-17/h7-11H,4-6,12-13H2,1-3H3,(H2,21,23)(H,24,26). The Balaban J connectivity index is 1.97. The number of anilines is 2. The molecule has 0 aliphatic carbocycles. The molecule has 3 heterocycles. The highest BCUT2D eigenvalue weighted by atomic mass is 32.2. The molecule has 0 aromatic carbocycles. The van der Waals surface area contributed by atoms with Crippen molar-refractivity contribution in [3.63, 3.8) is 0 Å².